The van der Waals surface area contributed by atoms with Gasteiger partial charge >= 0.3 is 0 Å². The number of hydrogen-bond donors (Lipinski definition) is 1. The summed E-state index contributed by atoms with van der Waals surface area (Å²) in [5.41, 5.74) is 1.60. The molecule has 0 spiro atoms. The predicted octanol–water partition coefficient (Wildman–Crippen LogP) is 3.55. The van der Waals surface area contributed by atoms with Gasteiger partial charge in [-0.2, -0.15) is 0 Å². The minimum Gasteiger partial charge on any atom is -0.494 e. The monoisotopic (exact) mass is 433 g/mol. The van der Waals surface area contributed by atoms with Crippen molar-refractivity contribution in [3.63, 3.8) is 0 Å². The Morgan fingerprint density at radius 2 is 1.72 bits per heavy atom. The highest BCUT2D eigenvalue weighted by Gasteiger charge is 2.16. The van der Waals surface area contributed by atoms with Gasteiger partial charge in [-0.25, -0.2) is 13.1 Å². The van der Waals surface area contributed by atoms with E-state index in [0.29, 0.717) is 18.2 Å². The molecule has 29 heavy (non-hydrogen) atoms. The van der Waals surface area contributed by atoms with Gasteiger partial charge in [0.1, 0.15) is 17.3 Å². The lowest BCUT2D eigenvalue weighted by Crippen LogP contribution is -2.28. The maximum atomic E-state index is 12.2. The molecule has 0 saturated heterocycles. The summed E-state index contributed by atoms with van der Waals surface area (Å²) in [6, 6.07) is 17.3. The maximum absolute atomic E-state index is 12.2. The summed E-state index contributed by atoms with van der Waals surface area (Å²) < 4.78 is 37.8. The molecule has 0 unspecified atom stereocenters. The van der Waals surface area contributed by atoms with E-state index >= 15 is 0 Å². The molecule has 0 fully saturated rings. The lowest BCUT2D eigenvalue weighted by molar-refractivity contribution is 0.307. The summed E-state index contributed by atoms with van der Waals surface area (Å²) in [6.07, 6.45) is 0. The molecule has 1 N–H and O–H groups in total. The fraction of sp³-hybridized carbons (Fsp3) is 0.200. The van der Waals surface area contributed by atoms with Crippen LogP contribution in [0.3, 0.4) is 0 Å². The second-order valence-electron chi connectivity index (χ2n) is 5.89. The first kappa shape index (κ1) is 21.0. The van der Waals surface area contributed by atoms with Gasteiger partial charge in [-0.15, -0.1) is 10.2 Å². The number of nitrogens with zero attached hydrogens (tertiary/aromatic N) is 2. The molecule has 0 saturated carbocycles. The van der Waals surface area contributed by atoms with Crippen molar-refractivity contribution in [2.24, 2.45) is 0 Å². The van der Waals surface area contributed by atoms with Crippen molar-refractivity contribution in [3.8, 4) is 22.9 Å². The average molecular weight is 434 g/mol. The molecule has 0 aliphatic rings. The first-order valence-corrected chi connectivity index (χ1v) is 10.8. The molecule has 0 aliphatic carbocycles. The highest BCUT2D eigenvalue weighted by Crippen LogP contribution is 2.22. The summed E-state index contributed by atoms with van der Waals surface area (Å²) in [5, 5.41) is 8.32. The molecule has 0 amide bonds. The number of halogens is 1. The zero-order valence-electron chi connectivity index (χ0n) is 15.7. The van der Waals surface area contributed by atoms with Crippen LogP contribution < -0.4 is 14.2 Å². The number of rotatable bonds is 9. The zero-order valence-corrected chi connectivity index (χ0v) is 17.3. The molecular formula is C20H20ClN3O4S. The van der Waals surface area contributed by atoms with Crippen molar-refractivity contribution < 1.29 is 17.9 Å². The third-order valence-electron chi connectivity index (χ3n) is 3.87. The Balaban J connectivity index is 1.52. The molecule has 3 aromatic rings. The van der Waals surface area contributed by atoms with Crippen LogP contribution in [0.1, 0.15) is 6.92 Å². The number of sulfonamides is 1. The molecule has 3 rings (SSSR count). The van der Waals surface area contributed by atoms with Gasteiger partial charge in [0.05, 0.1) is 17.3 Å². The molecule has 1 heterocycles. The standard InChI is InChI=1S/C20H20ClN3O4S/c1-2-27-16-9-7-15(8-10-16)18-11-12-20(24-23-18)28-14-13-22-29(25,26)19-6-4-3-5-17(19)21/h3-12,22H,2,13-14H2,1H3. The normalized spacial score (nSPS) is 11.2. The van der Waals surface area contributed by atoms with E-state index in [0.717, 1.165) is 11.3 Å². The lowest BCUT2D eigenvalue weighted by Gasteiger charge is -2.09. The Labute approximate surface area is 174 Å². The van der Waals surface area contributed by atoms with Crippen LogP contribution in [0.4, 0.5) is 0 Å². The van der Waals surface area contributed by atoms with Crippen LogP contribution in [0.15, 0.2) is 65.6 Å². The van der Waals surface area contributed by atoms with Crippen LogP contribution >= 0.6 is 11.6 Å². The van der Waals surface area contributed by atoms with Gasteiger partial charge in [-0.05, 0) is 49.4 Å². The molecule has 152 valence electrons. The molecule has 2 aromatic carbocycles. The molecular weight excluding hydrogens is 414 g/mol. The smallest absolute Gasteiger partial charge is 0.242 e. The van der Waals surface area contributed by atoms with Crippen LogP contribution in [-0.2, 0) is 10.0 Å². The minimum absolute atomic E-state index is 0.0289. The first-order chi connectivity index (χ1) is 14.0. The second kappa shape index (κ2) is 9.69. The Kier molecular flexibility index (Phi) is 7.03. The number of benzene rings is 2. The van der Waals surface area contributed by atoms with Crippen molar-refractivity contribution in [1.29, 1.82) is 0 Å². The van der Waals surface area contributed by atoms with Gasteiger partial charge in [0.25, 0.3) is 0 Å². The highest BCUT2D eigenvalue weighted by atomic mass is 35.5. The van der Waals surface area contributed by atoms with E-state index in [1.165, 1.54) is 12.1 Å². The van der Waals surface area contributed by atoms with Crippen LogP contribution in [-0.4, -0.2) is 38.4 Å². The van der Waals surface area contributed by atoms with Crippen LogP contribution in [0.25, 0.3) is 11.3 Å². The topological polar surface area (TPSA) is 90.4 Å². The Morgan fingerprint density at radius 3 is 2.38 bits per heavy atom. The second-order valence-corrected chi connectivity index (χ2v) is 8.03. The summed E-state index contributed by atoms with van der Waals surface area (Å²) in [4.78, 5) is 0.0289. The molecule has 9 heteroatoms. The van der Waals surface area contributed by atoms with Gasteiger partial charge in [0, 0.05) is 18.2 Å². The van der Waals surface area contributed by atoms with Crippen LogP contribution in [0.2, 0.25) is 5.02 Å². The Morgan fingerprint density at radius 1 is 0.966 bits per heavy atom. The third-order valence-corrected chi connectivity index (χ3v) is 5.83. The van der Waals surface area contributed by atoms with E-state index in [4.69, 9.17) is 21.1 Å². The summed E-state index contributed by atoms with van der Waals surface area (Å²) in [5.74, 6) is 1.10. The SMILES string of the molecule is CCOc1ccc(-c2ccc(OCCNS(=O)(=O)c3ccccc3Cl)nn2)cc1. The van der Waals surface area contributed by atoms with E-state index in [9.17, 15) is 8.42 Å². The summed E-state index contributed by atoms with van der Waals surface area (Å²) in [6.45, 7) is 2.70. The Hall–Kier alpha value is -2.68. The van der Waals surface area contributed by atoms with E-state index < -0.39 is 10.0 Å². The molecule has 0 aliphatic heterocycles. The van der Waals surface area contributed by atoms with Gasteiger partial charge < -0.3 is 9.47 Å². The lowest BCUT2D eigenvalue weighted by atomic mass is 10.1. The van der Waals surface area contributed by atoms with Gasteiger partial charge in [0.2, 0.25) is 15.9 Å². The maximum Gasteiger partial charge on any atom is 0.242 e. The zero-order chi connectivity index (χ0) is 20.7. The fourth-order valence-electron chi connectivity index (χ4n) is 2.51. The number of hydrogen-bond acceptors (Lipinski definition) is 6. The van der Waals surface area contributed by atoms with Gasteiger partial charge in [-0.3, -0.25) is 0 Å². The number of aromatic nitrogens is 2. The highest BCUT2D eigenvalue weighted by molar-refractivity contribution is 7.89. The first-order valence-electron chi connectivity index (χ1n) is 8.93. The molecule has 0 radical (unpaired) electrons. The van der Waals surface area contributed by atoms with E-state index in [-0.39, 0.29) is 23.1 Å². The quantitative estimate of drug-likeness (QED) is 0.519. The summed E-state index contributed by atoms with van der Waals surface area (Å²) in [7, 11) is -3.70. The van der Waals surface area contributed by atoms with Crippen molar-refractivity contribution in [3.05, 3.63) is 65.7 Å². The van der Waals surface area contributed by atoms with Crippen LogP contribution in [0.5, 0.6) is 11.6 Å². The van der Waals surface area contributed by atoms with Crippen molar-refractivity contribution in [2.45, 2.75) is 11.8 Å². The molecule has 0 atom stereocenters. The fourth-order valence-corrected chi connectivity index (χ4v) is 4.04. The van der Waals surface area contributed by atoms with E-state index in [2.05, 4.69) is 14.9 Å². The average Bonchev–Trinajstić information content (AvgIpc) is 2.73. The van der Waals surface area contributed by atoms with Crippen molar-refractivity contribution >= 4 is 21.6 Å². The molecule has 0 bridgehead atoms. The van der Waals surface area contributed by atoms with Gasteiger partial charge in [0.15, 0.2) is 0 Å². The van der Waals surface area contributed by atoms with Crippen LogP contribution in [0, 0.1) is 0 Å². The van der Waals surface area contributed by atoms with E-state index in [1.54, 1.807) is 24.3 Å². The predicted molar refractivity (Wildman–Crippen MR) is 111 cm³/mol. The summed E-state index contributed by atoms with van der Waals surface area (Å²) >= 11 is 5.93. The van der Waals surface area contributed by atoms with E-state index in [1.807, 2.05) is 31.2 Å². The van der Waals surface area contributed by atoms with Gasteiger partial charge in [-0.1, -0.05) is 23.7 Å². The Bertz CT molecular complexity index is 1040. The third kappa shape index (κ3) is 5.66. The number of ether oxygens (including phenoxy) is 2. The molecule has 7 nitrogen and oxygen atoms in total. The molecule has 1 aromatic heterocycles. The van der Waals surface area contributed by atoms with Crippen molar-refractivity contribution in [2.75, 3.05) is 19.8 Å². The number of nitrogens with one attached hydrogen (secondary N) is 1. The van der Waals surface area contributed by atoms with Crippen molar-refractivity contribution in [1.82, 2.24) is 14.9 Å². The minimum atomic E-state index is -3.70. The largest absolute Gasteiger partial charge is 0.494 e.